The summed E-state index contributed by atoms with van der Waals surface area (Å²) in [4.78, 5) is 21.9. The number of thioether (sulfide) groups is 2. The summed E-state index contributed by atoms with van der Waals surface area (Å²) >= 11 is 3.46. The van der Waals surface area contributed by atoms with Crippen molar-refractivity contribution in [1.29, 1.82) is 0 Å². The summed E-state index contributed by atoms with van der Waals surface area (Å²) in [5.74, 6) is 3.06. The van der Waals surface area contributed by atoms with Gasteiger partial charge in [-0.1, -0.05) is 12.1 Å². The topological polar surface area (TPSA) is 54.4 Å². The van der Waals surface area contributed by atoms with Crippen LogP contribution >= 0.6 is 23.5 Å². The van der Waals surface area contributed by atoms with Gasteiger partial charge in [-0.25, -0.2) is 0 Å². The van der Waals surface area contributed by atoms with Crippen LogP contribution in [0.1, 0.15) is 18.4 Å². The number of aromatic nitrogens is 1. The average molecular weight is 370 g/mol. The predicted molar refractivity (Wildman–Crippen MR) is 108 cm³/mol. The minimum absolute atomic E-state index is 0.0609. The van der Waals surface area contributed by atoms with E-state index in [0.29, 0.717) is 10.8 Å². The molecule has 1 aromatic heterocycles. The standard InChI is InChI=1S/C19H19N3OS2/c23-18-17(11-14-3-4-16-15(10-14)2-1-7-20-16)25-19(22-18)21-12-13-5-8-24-9-6-13/h1-4,7,10-11,13H,5-6,8-9,12H2,(H,21,22,23)/b17-11-. The van der Waals surface area contributed by atoms with Crippen LogP contribution in [0.3, 0.4) is 0 Å². The number of rotatable bonds is 3. The lowest BCUT2D eigenvalue weighted by molar-refractivity contribution is -0.115. The molecule has 2 fully saturated rings. The van der Waals surface area contributed by atoms with E-state index in [9.17, 15) is 4.79 Å². The predicted octanol–water partition coefficient (Wildman–Crippen LogP) is 3.94. The maximum atomic E-state index is 12.2. The molecule has 0 spiro atoms. The van der Waals surface area contributed by atoms with Gasteiger partial charge >= 0.3 is 0 Å². The van der Waals surface area contributed by atoms with E-state index in [-0.39, 0.29) is 5.91 Å². The highest BCUT2D eigenvalue weighted by Gasteiger charge is 2.24. The van der Waals surface area contributed by atoms with E-state index in [2.05, 4.69) is 21.4 Å². The highest BCUT2D eigenvalue weighted by atomic mass is 32.2. The van der Waals surface area contributed by atoms with Crippen LogP contribution < -0.4 is 5.32 Å². The van der Waals surface area contributed by atoms with Crippen molar-refractivity contribution in [3.8, 4) is 0 Å². The van der Waals surface area contributed by atoms with Crippen LogP contribution in [0.2, 0.25) is 0 Å². The number of hydrogen-bond acceptors (Lipinski definition) is 5. The molecule has 0 radical (unpaired) electrons. The van der Waals surface area contributed by atoms with E-state index >= 15 is 0 Å². The Morgan fingerprint density at radius 3 is 3.04 bits per heavy atom. The molecule has 0 unspecified atom stereocenters. The molecule has 4 rings (SSSR count). The second kappa shape index (κ2) is 7.62. The number of fused-ring (bicyclic) bond motifs is 1. The van der Waals surface area contributed by atoms with Gasteiger partial charge in [0.2, 0.25) is 0 Å². The fraction of sp³-hybridized carbons (Fsp3) is 0.316. The van der Waals surface area contributed by atoms with Crippen LogP contribution in [-0.4, -0.2) is 34.1 Å². The molecule has 1 N–H and O–H groups in total. The molecular formula is C19H19N3OS2. The number of carbonyl (C=O) groups excluding carboxylic acids is 1. The first-order valence-corrected chi connectivity index (χ1v) is 10.4. The van der Waals surface area contributed by atoms with Crippen LogP contribution in [-0.2, 0) is 4.79 Å². The van der Waals surface area contributed by atoms with Crippen molar-refractivity contribution in [1.82, 2.24) is 10.3 Å². The second-order valence-corrected chi connectivity index (χ2v) is 8.48. The van der Waals surface area contributed by atoms with Gasteiger partial charge in [-0.15, -0.1) is 0 Å². The van der Waals surface area contributed by atoms with Crippen LogP contribution in [0.15, 0.2) is 46.4 Å². The molecule has 0 aliphatic carbocycles. The number of hydrogen-bond donors (Lipinski definition) is 1. The Morgan fingerprint density at radius 2 is 2.16 bits per heavy atom. The fourth-order valence-corrected chi connectivity index (χ4v) is 5.01. The van der Waals surface area contributed by atoms with Gasteiger partial charge in [0.1, 0.15) is 0 Å². The zero-order valence-corrected chi connectivity index (χ0v) is 15.4. The van der Waals surface area contributed by atoms with Crippen LogP contribution in [0.4, 0.5) is 0 Å². The molecule has 2 aliphatic rings. The second-order valence-electron chi connectivity index (χ2n) is 6.22. The zero-order valence-electron chi connectivity index (χ0n) is 13.8. The maximum absolute atomic E-state index is 12.2. The molecule has 4 nitrogen and oxygen atoms in total. The van der Waals surface area contributed by atoms with Gasteiger partial charge < -0.3 is 5.32 Å². The van der Waals surface area contributed by atoms with Gasteiger partial charge in [-0.05, 0) is 71.9 Å². The lowest BCUT2D eigenvalue weighted by Gasteiger charge is -2.19. The number of carbonyl (C=O) groups is 1. The third-order valence-electron chi connectivity index (χ3n) is 4.41. The maximum Gasteiger partial charge on any atom is 0.264 e. The number of benzene rings is 1. The molecule has 2 saturated heterocycles. The summed E-state index contributed by atoms with van der Waals surface area (Å²) < 4.78 is 0. The Hall–Kier alpha value is -1.79. The third kappa shape index (κ3) is 4.07. The summed E-state index contributed by atoms with van der Waals surface area (Å²) in [5, 5.41) is 4.70. The molecule has 1 aromatic carbocycles. The quantitative estimate of drug-likeness (QED) is 0.833. The molecule has 2 aromatic rings. The first-order valence-electron chi connectivity index (χ1n) is 8.46. The summed E-state index contributed by atoms with van der Waals surface area (Å²) in [6, 6.07) is 9.98. The van der Waals surface area contributed by atoms with E-state index < -0.39 is 0 Å². The minimum atomic E-state index is -0.0609. The average Bonchev–Trinajstić information content (AvgIpc) is 3.00. The van der Waals surface area contributed by atoms with Gasteiger partial charge in [0.25, 0.3) is 5.91 Å². The number of amides is 1. The highest BCUT2D eigenvalue weighted by molar-refractivity contribution is 8.18. The smallest absolute Gasteiger partial charge is 0.264 e. The van der Waals surface area contributed by atoms with Gasteiger partial charge in [0, 0.05) is 18.1 Å². The van der Waals surface area contributed by atoms with Gasteiger partial charge in [0.15, 0.2) is 5.17 Å². The molecule has 0 bridgehead atoms. The van der Waals surface area contributed by atoms with Crippen LogP contribution in [0, 0.1) is 5.92 Å². The number of amidine groups is 1. The molecule has 2 aliphatic heterocycles. The third-order valence-corrected chi connectivity index (χ3v) is 6.41. The van der Waals surface area contributed by atoms with Crippen molar-refractivity contribution in [3.05, 3.63) is 47.0 Å². The molecule has 1 amide bonds. The Labute approximate surface area is 155 Å². The Kier molecular flexibility index (Phi) is 5.08. The van der Waals surface area contributed by atoms with Gasteiger partial charge in [0.05, 0.1) is 10.4 Å². The molecule has 6 heteroatoms. The number of nitrogens with one attached hydrogen (secondary N) is 1. The number of pyridine rings is 1. The molecule has 128 valence electrons. The zero-order chi connectivity index (χ0) is 17.1. The summed E-state index contributed by atoms with van der Waals surface area (Å²) in [5.41, 5.74) is 1.96. The number of aliphatic imine (C=N–C) groups is 1. The SMILES string of the molecule is O=C1NC(=NCC2CCSCC2)S/C1=C\c1ccc2ncccc2c1. The molecular weight excluding hydrogens is 350 g/mol. The molecule has 0 saturated carbocycles. The van der Waals surface area contributed by atoms with Crippen molar-refractivity contribution in [2.45, 2.75) is 12.8 Å². The molecule has 0 atom stereocenters. The van der Waals surface area contributed by atoms with Gasteiger partial charge in [-0.2, -0.15) is 11.8 Å². The summed E-state index contributed by atoms with van der Waals surface area (Å²) in [6.45, 7) is 0.818. The first kappa shape index (κ1) is 16.7. The Bertz CT molecular complexity index is 857. The van der Waals surface area contributed by atoms with Crippen LogP contribution in [0.5, 0.6) is 0 Å². The Balaban J connectivity index is 1.48. The molecule has 3 heterocycles. The van der Waals surface area contributed by atoms with Gasteiger partial charge in [-0.3, -0.25) is 14.8 Å². The van der Waals surface area contributed by atoms with Crippen molar-refractivity contribution in [3.63, 3.8) is 0 Å². The van der Waals surface area contributed by atoms with E-state index in [1.54, 1.807) is 6.20 Å². The number of nitrogens with zero attached hydrogens (tertiary/aromatic N) is 2. The lowest BCUT2D eigenvalue weighted by atomic mass is 10.0. The van der Waals surface area contributed by atoms with E-state index in [1.165, 1.54) is 36.1 Å². The monoisotopic (exact) mass is 369 g/mol. The van der Waals surface area contributed by atoms with E-state index in [4.69, 9.17) is 0 Å². The van der Waals surface area contributed by atoms with Crippen molar-refractivity contribution >= 4 is 51.6 Å². The van der Waals surface area contributed by atoms with Crippen molar-refractivity contribution < 1.29 is 4.79 Å². The van der Waals surface area contributed by atoms with E-state index in [0.717, 1.165) is 28.2 Å². The minimum Gasteiger partial charge on any atom is -0.301 e. The Morgan fingerprint density at radius 1 is 1.28 bits per heavy atom. The lowest BCUT2D eigenvalue weighted by Crippen LogP contribution is -2.21. The van der Waals surface area contributed by atoms with Crippen molar-refractivity contribution in [2.24, 2.45) is 10.9 Å². The van der Waals surface area contributed by atoms with Crippen LogP contribution in [0.25, 0.3) is 17.0 Å². The summed E-state index contributed by atoms with van der Waals surface area (Å²) in [6.07, 6.45) is 6.17. The molecule has 25 heavy (non-hydrogen) atoms. The largest absolute Gasteiger partial charge is 0.301 e. The van der Waals surface area contributed by atoms with Crippen molar-refractivity contribution in [2.75, 3.05) is 18.1 Å². The first-order chi connectivity index (χ1) is 12.3. The fourth-order valence-electron chi connectivity index (χ4n) is 2.98. The summed E-state index contributed by atoms with van der Waals surface area (Å²) in [7, 11) is 0. The normalized spacial score (nSPS) is 22.0. The highest BCUT2D eigenvalue weighted by Crippen LogP contribution is 2.28. The van der Waals surface area contributed by atoms with E-state index in [1.807, 2.05) is 42.1 Å².